The molecule has 7 nitrogen and oxygen atoms in total. The summed E-state index contributed by atoms with van der Waals surface area (Å²) in [6, 6.07) is 3.13. The van der Waals surface area contributed by atoms with Crippen LogP contribution in [0.3, 0.4) is 0 Å². The summed E-state index contributed by atoms with van der Waals surface area (Å²) < 4.78 is 15.7. The van der Waals surface area contributed by atoms with Gasteiger partial charge in [-0.2, -0.15) is 0 Å². The van der Waals surface area contributed by atoms with Crippen LogP contribution < -0.4 is 14.2 Å². The molecule has 128 valence electrons. The third-order valence-corrected chi connectivity index (χ3v) is 4.23. The average Bonchev–Trinajstić information content (AvgIpc) is 3.38. The van der Waals surface area contributed by atoms with Crippen molar-refractivity contribution in [3.63, 3.8) is 0 Å². The largest absolute Gasteiger partial charge is 0.506 e. The van der Waals surface area contributed by atoms with E-state index in [-0.39, 0.29) is 35.3 Å². The van der Waals surface area contributed by atoms with Crippen LogP contribution in [0.1, 0.15) is 18.4 Å². The average molecular weight is 333 g/mol. The Morgan fingerprint density at radius 3 is 2.12 bits per heavy atom. The lowest BCUT2D eigenvalue weighted by Gasteiger charge is -2.15. The second-order valence-electron chi connectivity index (χ2n) is 5.73. The summed E-state index contributed by atoms with van der Waals surface area (Å²) >= 11 is 0. The van der Waals surface area contributed by atoms with Crippen LogP contribution in [0.25, 0.3) is 5.76 Å². The zero-order valence-corrected chi connectivity index (χ0v) is 13.8. The quantitative estimate of drug-likeness (QED) is 0.500. The number of methoxy groups -OCH3 is 3. The van der Waals surface area contributed by atoms with Gasteiger partial charge in [-0.3, -0.25) is 9.59 Å². The highest BCUT2D eigenvalue weighted by molar-refractivity contribution is 6.28. The minimum Gasteiger partial charge on any atom is -0.506 e. The van der Waals surface area contributed by atoms with E-state index in [0.29, 0.717) is 17.2 Å². The molecule has 2 fully saturated rings. The Balaban J connectivity index is 2.07. The summed E-state index contributed by atoms with van der Waals surface area (Å²) in [5.74, 6) is -0.142. The Hall–Kier alpha value is -2.70. The zero-order valence-electron chi connectivity index (χ0n) is 13.8. The molecule has 0 atom stereocenters. The number of nitrogens with zero attached hydrogens (tertiary/aromatic N) is 1. The van der Waals surface area contributed by atoms with Crippen LogP contribution in [0.4, 0.5) is 0 Å². The number of likely N-dealkylation sites (tertiary alicyclic amines) is 1. The SMILES string of the molecule is COc1cc(/C(O)=C2\C(=O)CN(C3CC3)C2=O)cc(OC)c1OC. The minimum atomic E-state index is -0.422. The Morgan fingerprint density at radius 1 is 1.08 bits per heavy atom. The van der Waals surface area contributed by atoms with Gasteiger partial charge >= 0.3 is 0 Å². The topological polar surface area (TPSA) is 85.3 Å². The molecule has 0 unspecified atom stereocenters. The first-order valence-corrected chi connectivity index (χ1v) is 7.59. The van der Waals surface area contributed by atoms with Gasteiger partial charge in [-0.25, -0.2) is 0 Å². The zero-order chi connectivity index (χ0) is 17.4. The number of Topliss-reactive ketones (excluding diaryl/α,β-unsaturated/α-hetero) is 1. The number of hydrogen-bond acceptors (Lipinski definition) is 6. The predicted octanol–water partition coefficient (Wildman–Crippen LogP) is 1.56. The Labute approximate surface area is 139 Å². The van der Waals surface area contributed by atoms with E-state index in [1.165, 1.54) is 38.4 Å². The van der Waals surface area contributed by atoms with E-state index in [2.05, 4.69) is 0 Å². The number of carbonyl (C=O) groups excluding carboxylic acids is 2. The lowest BCUT2D eigenvalue weighted by molar-refractivity contribution is -0.125. The molecule has 3 rings (SSSR count). The molecule has 1 aliphatic carbocycles. The predicted molar refractivity (Wildman–Crippen MR) is 85.4 cm³/mol. The van der Waals surface area contributed by atoms with Crippen molar-refractivity contribution in [1.29, 1.82) is 0 Å². The first kappa shape index (κ1) is 16.2. The maximum atomic E-state index is 12.4. The van der Waals surface area contributed by atoms with Crippen molar-refractivity contribution in [2.45, 2.75) is 18.9 Å². The van der Waals surface area contributed by atoms with E-state index >= 15 is 0 Å². The first-order valence-electron chi connectivity index (χ1n) is 7.59. The van der Waals surface area contributed by atoms with Crippen LogP contribution >= 0.6 is 0 Å². The number of aliphatic hydroxyl groups is 1. The number of aliphatic hydroxyl groups excluding tert-OH is 1. The number of hydrogen-bond donors (Lipinski definition) is 1. The molecule has 0 aromatic heterocycles. The normalized spacial score (nSPS) is 19.5. The highest BCUT2D eigenvalue weighted by atomic mass is 16.5. The van der Waals surface area contributed by atoms with Crippen molar-refractivity contribution in [2.75, 3.05) is 27.9 Å². The van der Waals surface area contributed by atoms with Crippen molar-refractivity contribution in [3.05, 3.63) is 23.3 Å². The van der Waals surface area contributed by atoms with E-state index in [4.69, 9.17) is 14.2 Å². The van der Waals surface area contributed by atoms with Crippen LogP contribution in [0.15, 0.2) is 17.7 Å². The molecule has 1 aliphatic heterocycles. The molecule has 0 bridgehead atoms. The van der Waals surface area contributed by atoms with Gasteiger partial charge in [-0.1, -0.05) is 0 Å². The standard InChI is InChI=1S/C17H19NO6/c1-22-12-6-9(7-13(23-2)16(12)24-3)15(20)14-11(19)8-18(17(14)21)10-4-5-10/h6-7,10,20H,4-5,8H2,1-3H3/b15-14-. The molecular weight excluding hydrogens is 314 g/mol. The molecule has 2 aliphatic rings. The van der Waals surface area contributed by atoms with Crippen LogP contribution in [0, 0.1) is 0 Å². The summed E-state index contributed by atoms with van der Waals surface area (Å²) in [6.45, 7) is 0.0211. The van der Waals surface area contributed by atoms with Crippen molar-refractivity contribution in [1.82, 2.24) is 4.90 Å². The highest BCUT2D eigenvalue weighted by Crippen LogP contribution is 2.41. The fourth-order valence-electron chi connectivity index (χ4n) is 2.85. The number of ketones is 1. The van der Waals surface area contributed by atoms with Crippen molar-refractivity contribution in [2.24, 2.45) is 0 Å². The maximum absolute atomic E-state index is 12.4. The Morgan fingerprint density at radius 2 is 1.67 bits per heavy atom. The maximum Gasteiger partial charge on any atom is 0.262 e. The van der Waals surface area contributed by atoms with Crippen LogP contribution in [0.2, 0.25) is 0 Å². The van der Waals surface area contributed by atoms with E-state index in [1.54, 1.807) is 0 Å². The molecule has 0 radical (unpaired) electrons. The molecule has 1 N–H and O–H groups in total. The number of benzene rings is 1. The molecule has 1 saturated carbocycles. The van der Waals surface area contributed by atoms with Gasteiger partial charge in [-0.05, 0) is 25.0 Å². The van der Waals surface area contributed by atoms with Gasteiger partial charge in [-0.15, -0.1) is 0 Å². The number of ether oxygens (including phenoxy) is 3. The molecule has 1 heterocycles. The van der Waals surface area contributed by atoms with Crippen molar-refractivity contribution < 1.29 is 28.9 Å². The third-order valence-electron chi connectivity index (χ3n) is 4.23. The molecule has 1 aromatic carbocycles. The Kier molecular flexibility index (Phi) is 4.09. The summed E-state index contributed by atoms with van der Waals surface area (Å²) in [4.78, 5) is 26.2. The second-order valence-corrected chi connectivity index (χ2v) is 5.73. The van der Waals surface area contributed by atoms with Crippen LogP contribution in [-0.2, 0) is 9.59 Å². The first-order chi connectivity index (χ1) is 11.5. The number of rotatable bonds is 5. The molecule has 24 heavy (non-hydrogen) atoms. The van der Waals surface area contributed by atoms with Gasteiger partial charge < -0.3 is 24.2 Å². The van der Waals surface area contributed by atoms with E-state index < -0.39 is 5.91 Å². The molecule has 1 saturated heterocycles. The fraction of sp³-hybridized carbons (Fsp3) is 0.412. The monoisotopic (exact) mass is 333 g/mol. The van der Waals surface area contributed by atoms with Crippen LogP contribution in [-0.4, -0.2) is 55.6 Å². The van der Waals surface area contributed by atoms with Crippen molar-refractivity contribution >= 4 is 17.4 Å². The van der Waals surface area contributed by atoms with Gasteiger partial charge in [0.25, 0.3) is 5.91 Å². The van der Waals surface area contributed by atoms with Gasteiger partial charge in [0.1, 0.15) is 11.3 Å². The molecule has 0 spiro atoms. The Bertz CT molecular complexity index is 710. The smallest absolute Gasteiger partial charge is 0.262 e. The number of carbonyl (C=O) groups is 2. The van der Waals surface area contributed by atoms with Gasteiger partial charge in [0.15, 0.2) is 17.3 Å². The lowest BCUT2D eigenvalue weighted by atomic mass is 10.1. The summed E-state index contributed by atoms with van der Waals surface area (Å²) in [5.41, 5.74) is 0.0787. The van der Waals surface area contributed by atoms with Gasteiger partial charge in [0.05, 0.1) is 27.9 Å². The van der Waals surface area contributed by atoms with Gasteiger partial charge in [0.2, 0.25) is 5.75 Å². The number of amides is 1. The van der Waals surface area contributed by atoms with Crippen molar-refractivity contribution in [3.8, 4) is 17.2 Å². The van der Waals surface area contributed by atoms with Crippen LogP contribution in [0.5, 0.6) is 17.2 Å². The molecule has 1 aromatic rings. The summed E-state index contributed by atoms with van der Waals surface area (Å²) in [6.07, 6.45) is 1.80. The molecule has 1 amide bonds. The van der Waals surface area contributed by atoms with E-state index in [9.17, 15) is 14.7 Å². The molecular formula is C17H19NO6. The van der Waals surface area contributed by atoms with Gasteiger partial charge in [0, 0.05) is 11.6 Å². The molecule has 7 heteroatoms. The summed E-state index contributed by atoms with van der Waals surface area (Å²) in [5, 5.41) is 10.5. The minimum absolute atomic E-state index is 0.0211. The highest BCUT2D eigenvalue weighted by Gasteiger charge is 2.44. The van der Waals surface area contributed by atoms with E-state index in [1.807, 2.05) is 0 Å². The fourth-order valence-corrected chi connectivity index (χ4v) is 2.85. The third kappa shape index (κ3) is 2.55. The summed E-state index contributed by atoms with van der Waals surface area (Å²) in [7, 11) is 4.37. The lowest BCUT2D eigenvalue weighted by Crippen LogP contribution is -2.27. The second kappa shape index (κ2) is 6.07. The van der Waals surface area contributed by atoms with E-state index in [0.717, 1.165) is 12.8 Å².